The maximum absolute atomic E-state index is 13.8. The second-order valence-corrected chi connectivity index (χ2v) is 8.30. The van der Waals surface area contributed by atoms with Gasteiger partial charge in [-0.1, -0.05) is 48.5 Å². The Balaban J connectivity index is 1.31. The van der Waals surface area contributed by atoms with E-state index < -0.39 is 0 Å². The van der Waals surface area contributed by atoms with Crippen LogP contribution in [0.5, 0.6) is 0 Å². The van der Waals surface area contributed by atoms with Crippen LogP contribution in [-0.4, -0.2) is 15.5 Å². The summed E-state index contributed by atoms with van der Waals surface area (Å²) in [4.78, 5) is 17.3. The first kappa shape index (κ1) is 21.6. The van der Waals surface area contributed by atoms with E-state index in [0.29, 0.717) is 16.8 Å². The third-order valence-corrected chi connectivity index (χ3v) is 5.93. The van der Waals surface area contributed by atoms with E-state index >= 15 is 0 Å². The van der Waals surface area contributed by atoms with Crippen LogP contribution in [0.2, 0.25) is 0 Å². The zero-order valence-electron chi connectivity index (χ0n) is 18.8. The van der Waals surface area contributed by atoms with E-state index in [1.807, 2.05) is 60.7 Å². The van der Waals surface area contributed by atoms with Gasteiger partial charge in [0.15, 0.2) is 0 Å². The molecule has 1 amide bonds. The summed E-state index contributed by atoms with van der Waals surface area (Å²) in [6, 6.07) is 30.7. The molecule has 34 heavy (non-hydrogen) atoms. The molecule has 1 N–H and O–H groups in total. The molecule has 0 aliphatic rings. The highest BCUT2D eigenvalue weighted by Crippen LogP contribution is 2.23. The van der Waals surface area contributed by atoms with E-state index in [2.05, 4.69) is 28.1 Å². The van der Waals surface area contributed by atoms with Crippen molar-refractivity contribution >= 4 is 22.6 Å². The molecular weight excluding hydrogens is 425 g/mol. The summed E-state index contributed by atoms with van der Waals surface area (Å²) in [6.07, 6.45) is 1.59. The molecule has 1 heterocycles. The second kappa shape index (κ2) is 9.32. The molecule has 0 radical (unpaired) electrons. The number of hydrogen-bond acceptors (Lipinski definition) is 2. The summed E-state index contributed by atoms with van der Waals surface area (Å²) < 4.78 is 16.0. The van der Waals surface area contributed by atoms with E-state index in [9.17, 15) is 9.18 Å². The number of benzene rings is 4. The first-order chi connectivity index (χ1) is 16.6. The van der Waals surface area contributed by atoms with Gasteiger partial charge in [-0.25, -0.2) is 9.37 Å². The molecular formula is C29H24FN3O. The number of aryl methyl sites for hydroxylation is 3. The Morgan fingerprint density at radius 2 is 1.62 bits per heavy atom. The summed E-state index contributed by atoms with van der Waals surface area (Å²) in [6.45, 7) is 1.67. The van der Waals surface area contributed by atoms with Gasteiger partial charge in [0.2, 0.25) is 0 Å². The lowest BCUT2D eigenvalue weighted by molar-refractivity contribution is 0.102. The molecule has 4 nitrogen and oxygen atoms in total. The predicted molar refractivity (Wildman–Crippen MR) is 134 cm³/mol. The fourth-order valence-electron chi connectivity index (χ4n) is 4.06. The van der Waals surface area contributed by atoms with Crippen molar-refractivity contribution in [2.24, 2.45) is 0 Å². The average molecular weight is 450 g/mol. The summed E-state index contributed by atoms with van der Waals surface area (Å²) in [5.41, 5.74) is 5.80. The summed E-state index contributed by atoms with van der Waals surface area (Å²) in [7, 11) is 0. The summed E-state index contributed by atoms with van der Waals surface area (Å²) >= 11 is 0. The molecule has 5 heteroatoms. The Bertz CT molecular complexity index is 1460. The summed E-state index contributed by atoms with van der Waals surface area (Å²) in [5, 5.41) is 2.83. The Labute approximate surface area is 197 Å². The van der Waals surface area contributed by atoms with Crippen molar-refractivity contribution in [1.82, 2.24) is 9.55 Å². The molecule has 1 aromatic heterocycles. The number of rotatable bonds is 6. The minimum atomic E-state index is -0.385. The lowest BCUT2D eigenvalue weighted by Gasteiger charge is -2.10. The molecule has 5 aromatic rings. The normalized spacial score (nSPS) is 11.0. The molecule has 4 aromatic carbocycles. The zero-order chi connectivity index (χ0) is 23.5. The smallest absolute Gasteiger partial charge is 0.255 e. The molecule has 0 spiro atoms. The number of para-hydroxylation sites is 3. The van der Waals surface area contributed by atoms with Crippen molar-refractivity contribution < 1.29 is 9.18 Å². The van der Waals surface area contributed by atoms with Crippen LogP contribution in [0.25, 0.3) is 16.7 Å². The fourth-order valence-corrected chi connectivity index (χ4v) is 4.06. The van der Waals surface area contributed by atoms with Crippen LogP contribution >= 0.6 is 0 Å². The molecule has 0 bridgehead atoms. The van der Waals surface area contributed by atoms with Gasteiger partial charge in [-0.05, 0) is 73.0 Å². The maximum Gasteiger partial charge on any atom is 0.255 e. The third-order valence-electron chi connectivity index (χ3n) is 5.93. The zero-order valence-corrected chi connectivity index (χ0v) is 18.8. The quantitative estimate of drug-likeness (QED) is 0.321. The Kier molecular flexibility index (Phi) is 5.91. The average Bonchev–Trinajstić information content (AvgIpc) is 3.24. The van der Waals surface area contributed by atoms with Gasteiger partial charge in [-0.3, -0.25) is 9.36 Å². The van der Waals surface area contributed by atoms with E-state index in [1.54, 1.807) is 19.1 Å². The highest BCUT2D eigenvalue weighted by Gasteiger charge is 2.13. The first-order valence-electron chi connectivity index (χ1n) is 11.3. The lowest BCUT2D eigenvalue weighted by Crippen LogP contribution is -2.12. The second-order valence-electron chi connectivity index (χ2n) is 8.30. The SMILES string of the molecule is Cc1ccc(C(=O)Nc2ccc(CCc3nc4ccccc4n3-c3ccccc3)cc2)cc1F. The molecule has 168 valence electrons. The number of amides is 1. The maximum atomic E-state index is 13.8. The monoisotopic (exact) mass is 449 g/mol. The summed E-state index contributed by atoms with van der Waals surface area (Å²) in [5.74, 6) is 0.291. The van der Waals surface area contributed by atoms with Gasteiger partial charge in [-0.15, -0.1) is 0 Å². The van der Waals surface area contributed by atoms with Gasteiger partial charge in [0.1, 0.15) is 11.6 Å². The van der Waals surface area contributed by atoms with Gasteiger partial charge in [0, 0.05) is 23.4 Å². The standard InChI is InChI=1S/C29H24FN3O/c1-20-11-15-22(19-25(20)30)29(34)31-23-16-12-21(13-17-23)14-18-28-32-26-9-5-6-10-27(26)33(28)24-7-3-2-4-8-24/h2-13,15-17,19H,14,18H2,1H3,(H,31,34). The molecule has 0 aliphatic carbocycles. The number of carbonyl (C=O) groups is 1. The minimum Gasteiger partial charge on any atom is -0.322 e. The number of nitrogens with zero attached hydrogens (tertiary/aromatic N) is 2. The Morgan fingerprint density at radius 1 is 0.882 bits per heavy atom. The van der Waals surface area contributed by atoms with E-state index in [0.717, 1.165) is 41.0 Å². The van der Waals surface area contributed by atoms with Crippen molar-refractivity contribution in [3.63, 3.8) is 0 Å². The largest absolute Gasteiger partial charge is 0.322 e. The van der Waals surface area contributed by atoms with Gasteiger partial charge >= 0.3 is 0 Å². The van der Waals surface area contributed by atoms with Crippen molar-refractivity contribution in [3.8, 4) is 5.69 Å². The minimum absolute atomic E-state index is 0.298. The van der Waals surface area contributed by atoms with Crippen LogP contribution in [0.15, 0.2) is 97.1 Å². The molecule has 0 saturated carbocycles. The molecule has 0 unspecified atom stereocenters. The number of hydrogen-bond donors (Lipinski definition) is 1. The molecule has 0 fully saturated rings. The Hall–Kier alpha value is -4.25. The number of anilines is 1. The van der Waals surface area contributed by atoms with E-state index in [-0.39, 0.29) is 11.7 Å². The fraction of sp³-hybridized carbons (Fsp3) is 0.103. The highest BCUT2D eigenvalue weighted by atomic mass is 19.1. The van der Waals surface area contributed by atoms with Gasteiger partial charge in [0.25, 0.3) is 5.91 Å². The molecule has 0 saturated heterocycles. The first-order valence-corrected chi connectivity index (χ1v) is 11.3. The van der Waals surface area contributed by atoms with Gasteiger partial charge in [0.05, 0.1) is 11.0 Å². The van der Waals surface area contributed by atoms with Crippen molar-refractivity contribution in [3.05, 3.63) is 125 Å². The molecule has 5 rings (SSSR count). The number of aromatic nitrogens is 2. The van der Waals surface area contributed by atoms with Gasteiger partial charge in [-0.2, -0.15) is 0 Å². The highest BCUT2D eigenvalue weighted by molar-refractivity contribution is 6.04. The number of carbonyl (C=O) groups excluding carboxylic acids is 1. The molecule has 0 atom stereocenters. The van der Waals surface area contributed by atoms with Crippen LogP contribution in [0.4, 0.5) is 10.1 Å². The number of imidazole rings is 1. The van der Waals surface area contributed by atoms with E-state index in [1.165, 1.54) is 6.07 Å². The van der Waals surface area contributed by atoms with Crippen LogP contribution in [0.3, 0.4) is 0 Å². The predicted octanol–water partition coefficient (Wildman–Crippen LogP) is 6.51. The van der Waals surface area contributed by atoms with Crippen LogP contribution < -0.4 is 5.32 Å². The Morgan fingerprint density at radius 3 is 2.38 bits per heavy atom. The lowest BCUT2D eigenvalue weighted by atomic mass is 10.1. The van der Waals surface area contributed by atoms with Crippen molar-refractivity contribution in [2.45, 2.75) is 19.8 Å². The van der Waals surface area contributed by atoms with Crippen LogP contribution in [0.1, 0.15) is 27.3 Å². The number of nitrogens with one attached hydrogen (secondary N) is 1. The molecule has 0 aliphatic heterocycles. The third kappa shape index (κ3) is 4.46. The van der Waals surface area contributed by atoms with Crippen LogP contribution in [0, 0.1) is 12.7 Å². The van der Waals surface area contributed by atoms with E-state index in [4.69, 9.17) is 4.98 Å². The number of fused-ring (bicyclic) bond motifs is 1. The van der Waals surface area contributed by atoms with Crippen molar-refractivity contribution in [1.29, 1.82) is 0 Å². The topological polar surface area (TPSA) is 46.9 Å². The van der Waals surface area contributed by atoms with Gasteiger partial charge < -0.3 is 5.32 Å². The van der Waals surface area contributed by atoms with Crippen LogP contribution in [-0.2, 0) is 12.8 Å². The number of halogens is 1. The van der Waals surface area contributed by atoms with Crippen molar-refractivity contribution in [2.75, 3.05) is 5.32 Å².